The van der Waals surface area contributed by atoms with Crippen LogP contribution in [0.25, 0.3) is 0 Å². The fourth-order valence-corrected chi connectivity index (χ4v) is 3.53. The maximum Gasteiger partial charge on any atom is 0.145 e. The van der Waals surface area contributed by atoms with Gasteiger partial charge in [-0.1, -0.05) is 13.0 Å². The van der Waals surface area contributed by atoms with Crippen molar-refractivity contribution in [2.24, 2.45) is 0 Å². The molecule has 0 heterocycles. The van der Waals surface area contributed by atoms with E-state index in [1.807, 2.05) is 13.8 Å². The minimum absolute atomic E-state index is 0.225. The summed E-state index contributed by atoms with van der Waals surface area (Å²) in [4.78, 5) is 12.8. The zero-order valence-electron chi connectivity index (χ0n) is 12.2. The lowest BCUT2D eigenvalue weighted by Crippen LogP contribution is -2.28. The molecule has 0 amide bonds. The molecule has 2 rings (SSSR count). The van der Waals surface area contributed by atoms with Crippen LogP contribution in [0.4, 0.5) is 0 Å². The minimum Gasteiger partial charge on any atom is -0.314 e. The number of likely N-dealkylation sites (N-methyl/N-ethyl adjacent to an activating group) is 1. The first-order valence-corrected chi connectivity index (χ1v) is 7.79. The Morgan fingerprint density at radius 3 is 2.68 bits per heavy atom. The lowest BCUT2D eigenvalue weighted by atomic mass is 10.1. The molecular weight excluding hydrogens is 254 g/mol. The van der Waals surface area contributed by atoms with Crippen molar-refractivity contribution in [2.45, 2.75) is 56.2 Å². The predicted molar refractivity (Wildman–Crippen MR) is 81.9 cm³/mol. The highest BCUT2D eigenvalue weighted by molar-refractivity contribution is 8.01. The van der Waals surface area contributed by atoms with Crippen molar-refractivity contribution in [1.29, 1.82) is 0 Å². The third-order valence-electron chi connectivity index (χ3n) is 3.82. The number of ketones is 1. The van der Waals surface area contributed by atoms with Crippen LogP contribution in [0.2, 0.25) is 0 Å². The number of carbonyl (C=O) groups is 1. The van der Waals surface area contributed by atoms with Gasteiger partial charge in [0, 0.05) is 10.9 Å². The van der Waals surface area contributed by atoms with Crippen molar-refractivity contribution in [3.63, 3.8) is 0 Å². The summed E-state index contributed by atoms with van der Waals surface area (Å²) >= 11 is 1.66. The molecule has 1 aliphatic rings. The summed E-state index contributed by atoms with van der Waals surface area (Å²) in [6.45, 7) is 8.84. The number of fused-ring (bicyclic) bond motifs is 1. The van der Waals surface area contributed by atoms with Crippen LogP contribution in [0, 0.1) is 0 Å². The molecule has 0 unspecified atom stereocenters. The summed E-state index contributed by atoms with van der Waals surface area (Å²) in [5.41, 5.74) is 2.89. The number of benzene rings is 1. The van der Waals surface area contributed by atoms with Gasteiger partial charge in [0.25, 0.3) is 0 Å². The zero-order valence-corrected chi connectivity index (χ0v) is 13.1. The highest BCUT2D eigenvalue weighted by Crippen LogP contribution is 2.35. The summed E-state index contributed by atoms with van der Waals surface area (Å²) in [5, 5.41) is 3.52. The smallest absolute Gasteiger partial charge is 0.145 e. The first-order valence-electron chi connectivity index (χ1n) is 6.97. The number of rotatable bonds is 5. The Bertz CT molecular complexity index is 482. The Labute approximate surface area is 120 Å². The fraction of sp³-hybridized carbons (Fsp3) is 0.562. The zero-order chi connectivity index (χ0) is 14.0. The third-order valence-corrected chi connectivity index (χ3v) is 5.11. The van der Waals surface area contributed by atoms with E-state index < -0.39 is 0 Å². The van der Waals surface area contributed by atoms with Gasteiger partial charge in [-0.3, -0.25) is 4.79 Å². The molecule has 0 saturated heterocycles. The van der Waals surface area contributed by atoms with Gasteiger partial charge in [-0.25, -0.2) is 0 Å². The highest BCUT2D eigenvalue weighted by atomic mass is 32.2. The first kappa shape index (κ1) is 14.6. The Morgan fingerprint density at radius 1 is 1.37 bits per heavy atom. The van der Waals surface area contributed by atoms with Crippen molar-refractivity contribution in [1.82, 2.24) is 5.32 Å². The Hall–Kier alpha value is -0.800. The van der Waals surface area contributed by atoms with E-state index in [0.29, 0.717) is 6.04 Å². The lowest BCUT2D eigenvalue weighted by Gasteiger charge is -2.20. The Morgan fingerprint density at radius 2 is 2.05 bits per heavy atom. The maximum absolute atomic E-state index is 11.6. The van der Waals surface area contributed by atoms with Crippen LogP contribution in [-0.2, 0) is 17.6 Å². The van der Waals surface area contributed by atoms with Crippen LogP contribution in [0.3, 0.4) is 0 Å². The molecule has 0 fully saturated rings. The second kappa shape index (κ2) is 5.68. The standard InChI is InChI=1S/C16H23NOS/c1-5-17-14-8-12-6-7-15(10-13(12)9-14)19-16(3,4)11(2)18/h6-7,10,14,17H,5,8-9H2,1-4H3/t14-/m0/s1. The molecule has 0 aromatic heterocycles. The van der Waals surface area contributed by atoms with Gasteiger partial charge in [-0.05, 0) is 63.4 Å². The summed E-state index contributed by atoms with van der Waals surface area (Å²) in [7, 11) is 0. The Kier molecular flexibility index (Phi) is 4.36. The summed E-state index contributed by atoms with van der Waals surface area (Å²) in [5.74, 6) is 0.225. The second-order valence-corrected chi connectivity index (χ2v) is 7.46. The molecule has 1 atom stereocenters. The normalized spacial score (nSPS) is 18.4. The molecule has 1 N–H and O–H groups in total. The van der Waals surface area contributed by atoms with Crippen molar-refractivity contribution in [3.8, 4) is 0 Å². The molecule has 0 radical (unpaired) electrons. The molecule has 0 saturated carbocycles. The second-order valence-electron chi connectivity index (χ2n) is 5.76. The van der Waals surface area contributed by atoms with E-state index in [0.717, 1.165) is 19.4 Å². The van der Waals surface area contributed by atoms with Gasteiger partial charge in [-0.15, -0.1) is 11.8 Å². The molecule has 1 aromatic carbocycles. The van der Waals surface area contributed by atoms with Gasteiger partial charge in [0.05, 0.1) is 4.75 Å². The van der Waals surface area contributed by atoms with E-state index in [9.17, 15) is 4.79 Å². The molecule has 1 aromatic rings. The van der Waals surface area contributed by atoms with E-state index in [4.69, 9.17) is 0 Å². The van der Waals surface area contributed by atoms with Crippen molar-refractivity contribution in [2.75, 3.05) is 6.54 Å². The molecule has 19 heavy (non-hydrogen) atoms. The quantitative estimate of drug-likeness (QED) is 0.838. The molecule has 2 nitrogen and oxygen atoms in total. The third kappa shape index (κ3) is 3.40. The average molecular weight is 277 g/mol. The van der Waals surface area contributed by atoms with E-state index >= 15 is 0 Å². The number of carbonyl (C=O) groups excluding carboxylic acids is 1. The van der Waals surface area contributed by atoms with Gasteiger partial charge >= 0.3 is 0 Å². The van der Waals surface area contributed by atoms with Crippen LogP contribution < -0.4 is 5.32 Å². The van der Waals surface area contributed by atoms with Gasteiger partial charge in [0.2, 0.25) is 0 Å². The lowest BCUT2D eigenvalue weighted by molar-refractivity contribution is -0.118. The Balaban J connectivity index is 2.12. The van der Waals surface area contributed by atoms with Crippen LogP contribution in [0.1, 0.15) is 38.8 Å². The molecule has 0 aliphatic heterocycles. The van der Waals surface area contributed by atoms with E-state index in [1.54, 1.807) is 18.7 Å². The maximum atomic E-state index is 11.6. The van der Waals surface area contributed by atoms with Gasteiger partial charge in [0.1, 0.15) is 5.78 Å². The van der Waals surface area contributed by atoms with Crippen molar-refractivity contribution >= 4 is 17.5 Å². The number of nitrogens with one attached hydrogen (secondary N) is 1. The van der Waals surface area contributed by atoms with Gasteiger partial charge in [0.15, 0.2) is 0 Å². The van der Waals surface area contributed by atoms with Crippen LogP contribution in [0.15, 0.2) is 23.1 Å². The molecule has 1 aliphatic carbocycles. The average Bonchev–Trinajstić information content (AvgIpc) is 2.70. The molecule has 104 valence electrons. The van der Waals surface area contributed by atoms with Crippen LogP contribution >= 0.6 is 11.8 Å². The number of Topliss-reactive ketones (excluding diaryl/α,β-unsaturated/α-hetero) is 1. The summed E-state index contributed by atoms with van der Waals surface area (Å²) in [6, 6.07) is 7.23. The number of hydrogen-bond donors (Lipinski definition) is 1. The van der Waals surface area contributed by atoms with Gasteiger partial charge in [-0.2, -0.15) is 0 Å². The number of hydrogen-bond acceptors (Lipinski definition) is 3. The molecule has 0 bridgehead atoms. The summed E-state index contributed by atoms with van der Waals surface area (Å²) in [6.07, 6.45) is 2.24. The topological polar surface area (TPSA) is 29.1 Å². The SMILES string of the molecule is CCN[C@H]1Cc2ccc(SC(C)(C)C(C)=O)cc2C1. The molecular formula is C16H23NOS. The first-order chi connectivity index (χ1) is 8.92. The molecule has 3 heteroatoms. The number of thioether (sulfide) groups is 1. The van der Waals surface area contributed by atoms with Crippen molar-refractivity contribution < 1.29 is 4.79 Å². The van der Waals surface area contributed by atoms with E-state index in [1.165, 1.54) is 16.0 Å². The highest BCUT2D eigenvalue weighted by Gasteiger charge is 2.26. The monoisotopic (exact) mass is 277 g/mol. The minimum atomic E-state index is -0.339. The van der Waals surface area contributed by atoms with E-state index in [2.05, 4.69) is 30.4 Å². The largest absolute Gasteiger partial charge is 0.314 e. The van der Waals surface area contributed by atoms with Crippen LogP contribution in [0.5, 0.6) is 0 Å². The van der Waals surface area contributed by atoms with Crippen LogP contribution in [-0.4, -0.2) is 23.1 Å². The van der Waals surface area contributed by atoms with Gasteiger partial charge < -0.3 is 5.32 Å². The van der Waals surface area contributed by atoms with E-state index in [-0.39, 0.29) is 10.5 Å². The molecule has 0 spiro atoms. The summed E-state index contributed by atoms with van der Waals surface area (Å²) < 4.78 is -0.339. The van der Waals surface area contributed by atoms with Crippen molar-refractivity contribution in [3.05, 3.63) is 29.3 Å². The predicted octanol–water partition coefficient (Wildman–Crippen LogP) is 3.22. The fourth-order valence-electron chi connectivity index (χ4n) is 2.46.